The molecule has 0 spiro atoms. The Morgan fingerprint density at radius 1 is 0.930 bits per heavy atom. The van der Waals surface area contributed by atoms with Gasteiger partial charge in [0.05, 0.1) is 27.0 Å². The van der Waals surface area contributed by atoms with Crippen LogP contribution in [0.1, 0.15) is 17.5 Å². The zero-order valence-electron chi connectivity index (χ0n) is 24.0. The van der Waals surface area contributed by atoms with Crippen molar-refractivity contribution in [3.8, 4) is 38.4 Å². The van der Waals surface area contributed by atoms with Crippen LogP contribution in [0.2, 0.25) is 0 Å². The summed E-state index contributed by atoms with van der Waals surface area (Å²) >= 11 is 2.90. The Bertz CT molecular complexity index is 1760. The average molecular weight is 614 g/mol. The van der Waals surface area contributed by atoms with Crippen LogP contribution in [0.25, 0.3) is 21.1 Å². The van der Waals surface area contributed by atoms with Crippen LogP contribution >= 0.6 is 22.7 Å². The maximum Gasteiger partial charge on any atom is 0.227 e. The number of nitrogen functional groups attached to an aromatic ring is 1. The molecule has 0 fully saturated rings. The molecule has 4 N–H and O–H groups in total. The van der Waals surface area contributed by atoms with Crippen LogP contribution in [0.4, 0.5) is 22.3 Å². The third-order valence-electron chi connectivity index (χ3n) is 7.41. The second-order valence-corrected chi connectivity index (χ2v) is 11.9. The van der Waals surface area contributed by atoms with E-state index in [9.17, 15) is 4.79 Å². The number of ether oxygens (including phenoxy) is 3. The number of thiazole rings is 2. The van der Waals surface area contributed by atoms with Crippen molar-refractivity contribution in [1.82, 2.24) is 9.97 Å². The highest BCUT2D eigenvalue weighted by molar-refractivity contribution is 7.23. The fourth-order valence-electron chi connectivity index (χ4n) is 5.25. The summed E-state index contributed by atoms with van der Waals surface area (Å²) in [5, 5.41) is 9.76. The first-order valence-electron chi connectivity index (χ1n) is 13.7. The normalized spacial score (nSPS) is 14.1. The minimum Gasteiger partial charge on any atom is -0.493 e. The number of nitrogens with zero attached hydrogens (tertiary/aromatic N) is 2. The molecule has 5 aromatic rings. The van der Waals surface area contributed by atoms with Gasteiger partial charge in [0, 0.05) is 40.4 Å². The lowest BCUT2D eigenvalue weighted by Crippen LogP contribution is -2.28. The number of methoxy groups -OCH3 is 3. The molecule has 1 aliphatic rings. The Balaban J connectivity index is 1.16. The molecule has 43 heavy (non-hydrogen) atoms. The van der Waals surface area contributed by atoms with E-state index in [-0.39, 0.29) is 11.8 Å². The van der Waals surface area contributed by atoms with E-state index >= 15 is 0 Å². The van der Waals surface area contributed by atoms with Gasteiger partial charge in [-0.2, -0.15) is 0 Å². The number of nitrogens with two attached hydrogens (primary N) is 1. The zero-order valence-corrected chi connectivity index (χ0v) is 25.6. The number of hydrogen-bond acceptors (Lipinski definition) is 10. The molecule has 6 rings (SSSR count). The van der Waals surface area contributed by atoms with Crippen molar-refractivity contribution in [1.29, 1.82) is 0 Å². The van der Waals surface area contributed by atoms with Gasteiger partial charge in [0.25, 0.3) is 0 Å². The maximum absolute atomic E-state index is 13.1. The van der Waals surface area contributed by atoms with Gasteiger partial charge in [0.2, 0.25) is 11.7 Å². The number of anilines is 4. The highest BCUT2D eigenvalue weighted by Gasteiger charge is 2.25. The lowest BCUT2D eigenvalue weighted by atomic mass is 9.83. The summed E-state index contributed by atoms with van der Waals surface area (Å²) in [6.45, 7) is 0. The fourth-order valence-corrected chi connectivity index (χ4v) is 7.08. The SMILES string of the molecule is COc1cc(Nc2nc(N)c(-c3nc(-c4cccc(NC(=O)C5CCc6ccccc6C5)c4)cs3)s2)cc(OC)c1OC. The summed E-state index contributed by atoms with van der Waals surface area (Å²) in [6, 6.07) is 19.8. The average Bonchev–Trinajstić information content (AvgIpc) is 3.66. The van der Waals surface area contributed by atoms with Gasteiger partial charge in [0.1, 0.15) is 15.7 Å². The van der Waals surface area contributed by atoms with Crippen molar-refractivity contribution in [3.63, 3.8) is 0 Å². The molecule has 0 saturated heterocycles. The molecule has 3 aromatic carbocycles. The van der Waals surface area contributed by atoms with Crippen molar-refractivity contribution in [2.45, 2.75) is 19.3 Å². The molecule has 1 atom stereocenters. The van der Waals surface area contributed by atoms with Gasteiger partial charge in [0.15, 0.2) is 16.6 Å². The van der Waals surface area contributed by atoms with Crippen molar-refractivity contribution < 1.29 is 19.0 Å². The standard InChI is InChI=1S/C32H31N5O4S2/c1-39-25-15-23(16-26(40-2)27(25)41-3)35-32-37-29(33)28(43-32)31-36-24(17-42-31)20-9-6-10-22(14-20)34-30(38)21-12-11-18-7-4-5-8-19(18)13-21/h4-10,14-17,21H,11-13,33H2,1-3H3,(H,34,38)(H,35,37). The van der Waals surface area contributed by atoms with E-state index < -0.39 is 0 Å². The summed E-state index contributed by atoms with van der Waals surface area (Å²) < 4.78 is 16.3. The molecule has 0 bridgehead atoms. The molecule has 220 valence electrons. The van der Waals surface area contributed by atoms with E-state index in [0.717, 1.165) is 46.1 Å². The van der Waals surface area contributed by atoms with E-state index in [0.29, 0.717) is 33.9 Å². The van der Waals surface area contributed by atoms with Crippen molar-refractivity contribution >= 4 is 50.9 Å². The number of fused-ring (bicyclic) bond motifs is 1. The lowest BCUT2D eigenvalue weighted by Gasteiger charge is -2.23. The topological polar surface area (TPSA) is 121 Å². The Kier molecular flexibility index (Phi) is 8.17. The number of carbonyl (C=O) groups is 1. The second-order valence-electron chi connectivity index (χ2n) is 10.1. The number of nitrogens with one attached hydrogen (secondary N) is 2. The summed E-state index contributed by atoms with van der Waals surface area (Å²) in [5.74, 6) is 1.96. The summed E-state index contributed by atoms with van der Waals surface area (Å²) in [5.41, 5.74) is 12.1. The highest BCUT2D eigenvalue weighted by Crippen LogP contribution is 2.43. The van der Waals surface area contributed by atoms with Crippen LogP contribution in [0, 0.1) is 5.92 Å². The van der Waals surface area contributed by atoms with Gasteiger partial charge in [-0.1, -0.05) is 47.7 Å². The molecule has 11 heteroatoms. The zero-order chi connectivity index (χ0) is 29.9. The number of hydrogen-bond donors (Lipinski definition) is 3. The minimum absolute atomic E-state index is 0.0402. The highest BCUT2D eigenvalue weighted by atomic mass is 32.1. The van der Waals surface area contributed by atoms with E-state index in [4.69, 9.17) is 24.9 Å². The largest absolute Gasteiger partial charge is 0.493 e. The van der Waals surface area contributed by atoms with Gasteiger partial charge in [-0.25, -0.2) is 9.97 Å². The molecule has 1 aliphatic carbocycles. The van der Waals surface area contributed by atoms with E-state index in [1.807, 2.05) is 35.7 Å². The first kappa shape index (κ1) is 28.5. The Morgan fingerprint density at radius 3 is 2.44 bits per heavy atom. The van der Waals surface area contributed by atoms with Crippen LogP contribution in [-0.4, -0.2) is 37.2 Å². The molecule has 2 heterocycles. The van der Waals surface area contributed by atoms with E-state index in [1.165, 1.54) is 33.8 Å². The van der Waals surface area contributed by atoms with Crippen LogP contribution in [0.3, 0.4) is 0 Å². The number of rotatable bonds is 9. The summed E-state index contributed by atoms with van der Waals surface area (Å²) in [6.07, 6.45) is 2.55. The third kappa shape index (κ3) is 5.99. The number of aromatic nitrogens is 2. The summed E-state index contributed by atoms with van der Waals surface area (Å²) in [7, 11) is 4.70. The number of aryl methyl sites for hydroxylation is 1. The Hall–Kier alpha value is -4.61. The van der Waals surface area contributed by atoms with Crippen molar-refractivity contribution in [3.05, 3.63) is 77.2 Å². The van der Waals surface area contributed by atoms with E-state index in [1.54, 1.807) is 33.5 Å². The number of benzene rings is 3. The molecule has 2 aromatic heterocycles. The molecular formula is C32H31N5O4S2. The predicted octanol–water partition coefficient (Wildman–Crippen LogP) is 7.03. The van der Waals surface area contributed by atoms with E-state index in [2.05, 4.69) is 33.8 Å². The lowest BCUT2D eigenvalue weighted by molar-refractivity contribution is -0.120. The molecule has 1 unspecified atom stereocenters. The van der Waals surface area contributed by atoms with Crippen LogP contribution < -0.4 is 30.6 Å². The van der Waals surface area contributed by atoms with Crippen LogP contribution in [0.15, 0.2) is 66.0 Å². The molecule has 0 radical (unpaired) electrons. The predicted molar refractivity (Wildman–Crippen MR) is 173 cm³/mol. The monoisotopic (exact) mass is 613 g/mol. The van der Waals surface area contributed by atoms with Crippen molar-refractivity contribution in [2.75, 3.05) is 37.7 Å². The van der Waals surface area contributed by atoms with Gasteiger partial charge in [-0.3, -0.25) is 4.79 Å². The molecule has 1 amide bonds. The van der Waals surface area contributed by atoms with Gasteiger partial charge in [-0.05, 0) is 42.5 Å². The van der Waals surface area contributed by atoms with Gasteiger partial charge < -0.3 is 30.6 Å². The van der Waals surface area contributed by atoms with Crippen LogP contribution in [0.5, 0.6) is 17.2 Å². The summed E-state index contributed by atoms with van der Waals surface area (Å²) in [4.78, 5) is 23.3. The Labute approximate surface area is 257 Å². The maximum atomic E-state index is 13.1. The van der Waals surface area contributed by atoms with Gasteiger partial charge >= 0.3 is 0 Å². The third-order valence-corrected chi connectivity index (χ3v) is 9.39. The quantitative estimate of drug-likeness (QED) is 0.162. The second kappa shape index (κ2) is 12.3. The van der Waals surface area contributed by atoms with Crippen LogP contribution in [-0.2, 0) is 17.6 Å². The van der Waals surface area contributed by atoms with Crippen molar-refractivity contribution in [2.24, 2.45) is 5.92 Å². The smallest absolute Gasteiger partial charge is 0.227 e. The Morgan fingerprint density at radius 2 is 1.70 bits per heavy atom. The van der Waals surface area contributed by atoms with Gasteiger partial charge in [-0.15, -0.1) is 11.3 Å². The molecule has 0 saturated carbocycles. The first-order chi connectivity index (χ1) is 20.9. The molecule has 0 aliphatic heterocycles. The molecule has 9 nitrogen and oxygen atoms in total. The first-order valence-corrected chi connectivity index (χ1v) is 15.4. The minimum atomic E-state index is -0.0402. The number of amides is 1. The number of carbonyl (C=O) groups excluding carboxylic acids is 1. The molecular weight excluding hydrogens is 583 g/mol. The fraction of sp³-hybridized carbons (Fsp3) is 0.219.